The van der Waals surface area contributed by atoms with Crippen molar-refractivity contribution in [2.45, 2.75) is 19.5 Å². The summed E-state index contributed by atoms with van der Waals surface area (Å²) in [6, 6.07) is 4.66. The van der Waals surface area contributed by atoms with Gasteiger partial charge in [0.1, 0.15) is 6.04 Å². The number of nitrogens with zero attached hydrogens (tertiary/aromatic N) is 3. The Hall–Kier alpha value is -2.74. The fraction of sp³-hybridized carbons (Fsp3) is 0.278. The van der Waals surface area contributed by atoms with Gasteiger partial charge in [-0.1, -0.05) is 17.7 Å². The van der Waals surface area contributed by atoms with Crippen molar-refractivity contribution in [1.82, 2.24) is 15.2 Å². The van der Waals surface area contributed by atoms with Gasteiger partial charge in [0.05, 0.1) is 11.6 Å². The number of likely N-dealkylation sites (N-methyl/N-ethyl adjacent to an activating group) is 1. The third-order valence-electron chi connectivity index (χ3n) is 4.42. The molecule has 1 fully saturated rings. The number of urea groups is 1. The standard InChI is InChI=1S/C18H17ClF2N4O2/c1-10-7-12(5-6-22-10)25-9-14(24(2)18(25)27)17(26)23-8-11-3-4-13(20)16(21)15(11)19/h3-7,14H,8-9H2,1-2H3,(H,23,26). The van der Waals surface area contributed by atoms with Crippen molar-refractivity contribution in [1.29, 1.82) is 0 Å². The Morgan fingerprint density at radius 2 is 2.11 bits per heavy atom. The summed E-state index contributed by atoms with van der Waals surface area (Å²) in [5, 5.41) is 2.24. The lowest BCUT2D eigenvalue weighted by Crippen LogP contribution is -2.43. The molecule has 1 N–H and O–H groups in total. The van der Waals surface area contributed by atoms with E-state index in [0.29, 0.717) is 5.69 Å². The minimum absolute atomic E-state index is 0.0816. The average Bonchev–Trinajstić information content (AvgIpc) is 2.94. The average molecular weight is 395 g/mol. The van der Waals surface area contributed by atoms with E-state index in [1.165, 1.54) is 22.9 Å². The first kappa shape index (κ1) is 19.0. The van der Waals surface area contributed by atoms with Crippen molar-refractivity contribution in [3.63, 3.8) is 0 Å². The molecule has 27 heavy (non-hydrogen) atoms. The number of rotatable bonds is 4. The molecule has 1 aromatic carbocycles. The molecule has 3 rings (SSSR count). The quantitative estimate of drug-likeness (QED) is 0.811. The molecule has 0 saturated carbocycles. The topological polar surface area (TPSA) is 65.5 Å². The molecule has 142 valence electrons. The summed E-state index contributed by atoms with van der Waals surface area (Å²) in [5.74, 6) is -2.63. The van der Waals surface area contributed by atoms with E-state index in [0.717, 1.165) is 11.8 Å². The molecule has 1 atom stereocenters. The molecule has 2 aromatic rings. The number of nitrogens with one attached hydrogen (secondary N) is 1. The van der Waals surface area contributed by atoms with Crippen molar-refractivity contribution in [2.75, 3.05) is 18.5 Å². The van der Waals surface area contributed by atoms with Gasteiger partial charge in [-0.2, -0.15) is 0 Å². The number of pyridine rings is 1. The van der Waals surface area contributed by atoms with Crippen LogP contribution in [0, 0.1) is 18.6 Å². The number of carbonyl (C=O) groups excluding carboxylic acids is 2. The lowest BCUT2D eigenvalue weighted by molar-refractivity contribution is -0.124. The third-order valence-corrected chi connectivity index (χ3v) is 4.83. The molecular formula is C18H17ClF2N4O2. The zero-order chi connectivity index (χ0) is 19.7. The second kappa shape index (κ2) is 7.48. The first-order valence-corrected chi connectivity index (χ1v) is 8.54. The molecule has 0 spiro atoms. The Kier molecular flexibility index (Phi) is 5.27. The SMILES string of the molecule is Cc1cc(N2CC(C(=O)NCc3ccc(F)c(F)c3Cl)N(C)C2=O)ccn1. The summed E-state index contributed by atoms with van der Waals surface area (Å²) in [6.45, 7) is 1.89. The maximum absolute atomic E-state index is 13.5. The summed E-state index contributed by atoms with van der Waals surface area (Å²) < 4.78 is 26.6. The fourth-order valence-electron chi connectivity index (χ4n) is 2.87. The number of halogens is 3. The first-order valence-electron chi connectivity index (χ1n) is 8.16. The van der Waals surface area contributed by atoms with Crippen LogP contribution in [0.1, 0.15) is 11.3 Å². The molecule has 0 aliphatic carbocycles. The molecule has 0 bridgehead atoms. The van der Waals surface area contributed by atoms with Crippen molar-refractivity contribution in [3.05, 3.63) is 58.4 Å². The van der Waals surface area contributed by atoms with Crippen LogP contribution in [0.2, 0.25) is 5.02 Å². The van der Waals surface area contributed by atoms with Gasteiger partial charge in [0, 0.05) is 31.2 Å². The maximum atomic E-state index is 13.5. The van der Waals surface area contributed by atoms with Crippen LogP contribution in [0.25, 0.3) is 0 Å². The van der Waals surface area contributed by atoms with E-state index in [9.17, 15) is 18.4 Å². The number of hydrogen-bond donors (Lipinski definition) is 1. The number of benzene rings is 1. The molecule has 1 unspecified atom stereocenters. The Labute approximate surface area is 159 Å². The second-order valence-corrected chi connectivity index (χ2v) is 6.61. The molecule has 1 saturated heterocycles. The highest BCUT2D eigenvalue weighted by molar-refractivity contribution is 6.31. The molecule has 1 aliphatic rings. The van der Waals surface area contributed by atoms with Crippen LogP contribution < -0.4 is 10.2 Å². The largest absolute Gasteiger partial charge is 0.350 e. The third kappa shape index (κ3) is 3.71. The highest BCUT2D eigenvalue weighted by Crippen LogP contribution is 2.24. The Morgan fingerprint density at radius 3 is 2.81 bits per heavy atom. The highest BCUT2D eigenvalue weighted by Gasteiger charge is 2.39. The van der Waals surface area contributed by atoms with Gasteiger partial charge in [-0.3, -0.25) is 14.7 Å². The number of carbonyl (C=O) groups is 2. The fourth-order valence-corrected chi connectivity index (χ4v) is 3.09. The molecule has 0 radical (unpaired) electrons. The van der Waals surface area contributed by atoms with E-state index in [4.69, 9.17) is 11.6 Å². The van der Waals surface area contributed by atoms with Crippen LogP contribution in [0.15, 0.2) is 30.5 Å². The first-order chi connectivity index (χ1) is 12.8. The van der Waals surface area contributed by atoms with E-state index < -0.39 is 23.6 Å². The van der Waals surface area contributed by atoms with Gasteiger partial charge >= 0.3 is 6.03 Å². The number of aromatic nitrogens is 1. The van der Waals surface area contributed by atoms with E-state index in [1.54, 1.807) is 18.3 Å². The Bertz CT molecular complexity index is 909. The van der Waals surface area contributed by atoms with Crippen LogP contribution in [0.5, 0.6) is 0 Å². The predicted molar refractivity (Wildman–Crippen MR) is 96.5 cm³/mol. The van der Waals surface area contributed by atoms with Gasteiger partial charge in [-0.15, -0.1) is 0 Å². The summed E-state index contributed by atoms with van der Waals surface area (Å²) in [5.41, 5.74) is 1.65. The van der Waals surface area contributed by atoms with E-state index in [2.05, 4.69) is 10.3 Å². The Balaban J connectivity index is 1.70. The van der Waals surface area contributed by atoms with Crippen LogP contribution >= 0.6 is 11.6 Å². The molecule has 1 aliphatic heterocycles. The zero-order valence-corrected chi connectivity index (χ0v) is 15.4. The Morgan fingerprint density at radius 1 is 1.37 bits per heavy atom. The van der Waals surface area contributed by atoms with E-state index in [1.807, 2.05) is 6.92 Å². The van der Waals surface area contributed by atoms with Gasteiger partial charge in [0.15, 0.2) is 11.6 Å². The number of amides is 3. The second-order valence-electron chi connectivity index (χ2n) is 6.23. The molecule has 2 heterocycles. The normalized spacial score (nSPS) is 16.8. The minimum Gasteiger partial charge on any atom is -0.350 e. The molecular weight excluding hydrogens is 378 g/mol. The van der Waals surface area contributed by atoms with Gasteiger partial charge in [-0.05, 0) is 30.7 Å². The smallest absolute Gasteiger partial charge is 0.325 e. The lowest BCUT2D eigenvalue weighted by atomic mass is 10.2. The van der Waals surface area contributed by atoms with Crippen LogP contribution in [-0.2, 0) is 11.3 Å². The number of aryl methyl sites for hydroxylation is 1. The van der Waals surface area contributed by atoms with Crippen molar-refractivity contribution >= 4 is 29.2 Å². The predicted octanol–water partition coefficient (Wildman–Crippen LogP) is 2.88. The molecule has 1 aromatic heterocycles. The van der Waals surface area contributed by atoms with E-state index in [-0.39, 0.29) is 29.7 Å². The van der Waals surface area contributed by atoms with Gasteiger partial charge in [-0.25, -0.2) is 13.6 Å². The van der Waals surface area contributed by atoms with Crippen LogP contribution in [0.3, 0.4) is 0 Å². The summed E-state index contributed by atoms with van der Waals surface area (Å²) in [7, 11) is 1.53. The van der Waals surface area contributed by atoms with Crippen molar-refractivity contribution in [3.8, 4) is 0 Å². The van der Waals surface area contributed by atoms with Crippen LogP contribution in [-0.4, -0.2) is 41.5 Å². The summed E-state index contributed by atoms with van der Waals surface area (Å²) in [4.78, 5) is 31.9. The molecule has 3 amide bonds. The van der Waals surface area contributed by atoms with Gasteiger partial charge < -0.3 is 10.2 Å². The number of hydrogen-bond acceptors (Lipinski definition) is 3. The summed E-state index contributed by atoms with van der Waals surface area (Å²) in [6.07, 6.45) is 1.59. The minimum atomic E-state index is -1.16. The van der Waals surface area contributed by atoms with Gasteiger partial charge in [0.25, 0.3) is 0 Å². The van der Waals surface area contributed by atoms with Crippen molar-refractivity contribution in [2.24, 2.45) is 0 Å². The van der Waals surface area contributed by atoms with Crippen LogP contribution in [0.4, 0.5) is 19.3 Å². The molecule has 9 heteroatoms. The maximum Gasteiger partial charge on any atom is 0.325 e. The lowest BCUT2D eigenvalue weighted by Gasteiger charge is -2.17. The summed E-state index contributed by atoms with van der Waals surface area (Å²) >= 11 is 5.77. The highest BCUT2D eigenvalue weighted by atomic mass is 35.5. The van der Waals surface area contributed by atoms with Gasteiger partial charge in [0.2, 0.25) is 5.91 Å². The monoisotopic (exact) mass is 394 g/mol. The number of anilines is 1. The van der Waals surface area contributed by atoms with E-state index >= 15 is 0 Å². The van der Waals surface area contributed by atoms with Crippen molar-refractivity contribution < 1.29 is 18.4 Å². The zero-order valence-electron chi connectivity index (χ0n) is 14.7. The molecule has 6 nitrogen and oxygen atoms in total.